The number of ether oxygens (including phenoxy) is 1. The standard InChI is InChI=1S/C4H7ClNO2/c1-3(6-5)4(7)8-2/h3H,1-2H3/q-1/t3-/m0/s1. The molecule has 3 nitrogen and oxygen atoms in total. The van der Waals surface area contributed by atoms with Crippen LogP contribution in [-0.2, 0) is 9.53 Å². The van der Waals surface area contributed by atoms with E-state index in [0.717, 1.165) is 0 Å². The molecule has 0 unspecified atom stereocenters. The van der Waals surface area contributed by atoms with Crippen LogP contribution in [0.4, 0.5) is 0 Å². The highest BCUT2D eigenvalue weighted by Crippen LogP contribution is 2.03. The summed E-state index contributed by atoms with van der Waals surface area (Å²) < 4.78 is 4.29. The molecule has 0 amide bonds. The summed E-state index contributed by atoms with van der Waals surface area (Å²) in [5.74, 6) is -0.417. The van der Waals surface area contributed by atoms with Crippen LogP contribution in [0, 0.1) is 0 Å². The Labute approximate surface area is 53.1 Å². The van der Waals surface area contributed by atoms with Gasteiger partial charge < -0.3 is 9.57 Å². The van der Waals surface area contributed by atoms with E-state index < -0.39 is 12.0 Å². The number of esters is 1. The Morgan fingerprint density at radius 3 is 2.50 bits per heavy atom. The molecule has 0 radical (unpaired) electrons. The summed E-state index contributed by atoms with van der Waals surface area (Å²) in [4.78, 5) is 13.5. The van der Waals surface area contributed by atoms with E-state index in [1.807, 2.05) is 0 Å². The monoisotopic (exact) mass is 136 g/mol. The quantitative estimate of drug-likeness (QED) is 0.533. The summed E-state index contributed by atoms with van der Waals surface area (Å²) >= 11 is 4.95. The molecular formula is C4H7ClNO2-. The van der Waals surface area contributed by atoms with Gasteiger partial charge in [-0.2, -0.15) is 0 Å². The number of hydrogen-bond donors (Lipinski definition) is 0. The van der Waals surface area contributed by atoms with Gasteiger partial charge in [-0.1, -0.05) is 6.92 Å². The molecule has 0 N–H and O–H groups in total. The van der Waals surface area contributed by atoms with Crippen molar-refractivity contribution in [2.45, 2.75) is 13.0 Å². The Hall–Kier alpha value is -0.280. The largest absolute Gasteiger partial charge is 0.564 e. The Bertz CT molecular complexity index is 86.1. The number of carbonyl (C=O) groups is 1. The fraction of sp³-hybridized carbons (Fsp3) is 0.750. The van der Waals surface area contributed by atoms with E-state index in [1.54, 1.807) is 6.92 Å². The van der Waals surface area contributed by atoms with E-state index in [4.69, 9.17) is 11.8 Å². The number of methoxy groups -OCH3 is 1. The molecule has 0 bridgehead atoms. The molecule has 0 saturated heterocycles. The second kappa shape index (κ2) is 3.69. The Morgan fingerprint density at radius 1 is 1.88 bits per heavy atom. The fourth-order valence-corrected chi connectivity index (χ4v) is 0.290. The lowest BCUT2D eigenvalue weighted by molar-refractivity contribution is -0.140. The van der Waals surface area contributed by atoms with Gasteiger partial charge in [-0.3, -0.25) is 16.6 Å². The molecule has 0 saturated carbocycles. The normalized spacial score (nSPS) is 12.9. The van der Waals surface area contributed by atoms with Gasteiger partial charge >= 0.3 is 0 Å². The van der Waals surface area contributed by atoms with Crippen LogP contribution in [0.1, 0.15) is 6.92 Å². The molecule has 0 aromatic rings. The van der Waals surface area contributed by atoms with Gasteiger partial charge in [-0.25, -0.2) is 0 Å². The Morgan fingerprint density at radius 2 is 2.38 bits per heavy atom. The second-order valence-corrected chi connectivity index (χ2v) is 1.49. The maximum Gasteiger partial charge on any atom is 0.288 e. The highest BCUT2D eigenvalue weighted by atomic mass is 35.5. The summed E-state index contributed by atoms with van der Waals surface area (Å²) in [6.07, 6.45) is 0. The van der Waals surface area contributed by atoms with Crippen molar-refractivity contribution in [1.29, 1.82) is 0 Å². The molecule has 48 valence electrons. The van der Waals surface area contributed by atoms with Crippen LogP contribution < -0.4 is 0 Å². The zero-order chi connectivity index (χ0) is 6.57. The summed E-state index contributed by atoms with van der Waals surface area (Å²) in [6.45, 7) is 1.55. The summed E-state index contributed by atoms with van der Waals surface area (Å²) in [5.41, 5.74) is 0. The third kappa shape index (κ3) is 2.14. The Balaban J connectivity index is 3.46. The minimum Gasteiger partial charge on any atom is -0.564 e. The first-order valence-corrected chi connectivity index (χ1v) is 2.45. The third-order valence-corrected chi connectivity index (χ3v) is 0.981. The average molecular weight is 137 g/mol. The lowest BCUT2D eigenvalue weighted by Crippen LogP contribution is -2.14. The predicted octanol–water partition coefficient (Wildman–Crippen LogP) is 1.08. The van der Waals surface area contributed by atoms with E-state index in [2.05, 4.69) is 9.57 Å². The van der Waals surface area contributed by atoms with Gasteiger partial charge in [-0.05, 0) is 6.04 Å². The number of rotatable bonds is 2. The Kier molecular flexibility index (Phi) is 3.56. The highest BCUT2D eigenvalue weighted by molar-refractivity contribution is 6.26. The maximum absolute atomic E-state index is 10.3. The van der Waals surface area contributed by atoms with Gasteiger partial charge in [0.1, 0.15) is 0 Å². The first-order chi connectivity index (χ1) is 3.72. The lowest BCUT2D eigenvalue weighted by Gasteiger charge is -2.16. The first-order valence-electron chi connectivity index (χ1n) is 2.11. The number of hydrogen-bond acceptors (Lipinski definition) is 2. The zero-order valence-corrected chi connectivity index (χ0v) is 5.47. The van der Waals surface area contributed by atoms with Crippen molar-refractivity contribution in [2.75, 3.05) is 7.11 Å². The van der Waals surface area contributed by atoms with Crippen LogP contribution in [-0.4, -0.2) is 19.1 Å². The molecular weight excluding hydrogens is 130 g/mol. The van der Waals surface area contributed by atoms with E-state index in [1.165, 1.54) is 7.11 Å². The van der Waals surface area contributed by atoms with Crippen LogP contribution in [0.5, 0.6) is 0 Å². The van der Waals surface area contributed by atoms with Crippen molar-refractivity contribution in [2.24, 2.45) is 0 Å². The molecule has 0 rings (SSSR count). The van der Waals surface area contributed by atoms with Crippen molar-refractivity contribution < 1.29 is 9.53 Å². The van der Waals surface area contributed by atoms with Crippen molar-refractivity contribution >= 4 is 17.7 Å². The van der Waals surface area contributed by atoms with Gasteiger partial charge in [0.15, 0.2) is 0 Å². The fourth-order valence-electron chi connectivity index (χ4n) is 0.210. The number of carbonyl (C=O) groups excluding carboxylic acids is 1. The predicted molar refractivity (Wildman–Crippen MR) is 30.7 cm³/mol. The van der Waals surface area contributed by atoms with Crippen LogP contribution in [0.2, 0.25) is 0 Å². The minimum absolute atomic E-state index is 0.417. The third-order valence-electron chi connectivity index (χ3n) is 0.689. The maximum atomic E-state index is 10.3. The van der Waals surface area contributed by atoms with Crippen LogP contribution in [0.25, 0.3) is 4.84 Å². The summed E-state index contributed by atoms with van der Waals surface area (Å²) in [7, 11) is 1.29. The van der Waals surface area contributed by atoms with Gasteiger partial charge in [0.05, 0.1) is 7.11 Å². The summed E-state index contributed by atoms with van der Waals surface area (Å²) in [6, 6.07) is -0.554. The SMILES string of the molecule is COC(=O)[C@H](C)[N-]Cl. The molecule has 8 heavy (non-hydrogen) atoms. The molecule has 0 aliphatic heterocycles. The van der Waals surface area contributed by atoms with Gasteiger partial charge in [0.2, 0.25) is 0 Å². The van der Waals surface area contributed by atoms with Crippen molar-refractivity contribution in [3.63, 3.8) is 0 Å². The topological polar surface area (TPSA) is 40.4 Å². The summed E-state index contributed by atoms with van der Waals surface area (Å²) in [5, 5.41) is 0. The van der Waals surface area contributed by atoms with Gasteiger partial charge in [0, 0.05) is 0 Å². The molecule has 0 aliphatic rings. The van der Waals surface area contributed by atoms with E-state index in [-0.39, 0.29) is 0 Å². The van der Waals surface area contributed by atoms with Crippen LogP contribution >= 0.6 is 11.8 Å². The first kappa shape index (κ1) is 7.72. The molecule has 0 aliphatic carbocycles. The van der Waals surface area contributed by atoms with Gasteiger partial charge in [-0.15, -0.1) is 0 Å². The van der Waals surface area contributed by atoms with Crippen molar-refractivity contribution in [3.8, 4) is 0 Å². The highest BCUT2D eigenvalue weighted by Gasteiger charge is 1.99. The minimum atomic E-state index is -0.554. The molecule has 4 heteroatoms. The number of nitrogens with zero attached hydrogens (tertiary/aromatic N) is 1. The van der Waals surface area contributed by atoms with Crippen LogP contribution in [0.3, 0.4) is 0 Å². The van der Waals surface area contributed by atoms with Gasteiger partial charge in [0.25, 0.3) is 5.97 Å². The molecule has 0 spiro atoms. The zero-order valence-electron chi connectivity index (χ0n) is 4.72. The van der Waals surface area contributed by atoms with Crippen molar-refractivity contribution in [1.82, 2.24) is 0 Å². The second-order valence-electron chi connectivity index (χ2n) is 1.30. The van der Waals surface area contributed by atoms with Crippen molar-refractivity contribution in [3.05, 3.63) is 4.84 Å². The van der Waals surface area contributed by atoms with E-state index in [9.17, 15) is 4.79 Å². The van der Waals surface area contributed by atoms with Crippen LogP contribution in [0.15, 0.2) is 0 Å². The van der Waals surface area contributed by atoms with E-state index >= 15 is 0 Å². The molecule has 0 aromatic carbocycles. The average Bonchev–Trinajstić information content (AvgIpc) is 1.84. The molecule has 0 fully saturated rings. The van der Waals surface area contributed by atoms with E-state index in [0.29, 0.717) is 0 Å². The smallest absolute Gasteiger partial charge is 0.288 e. The molecule has 1 atom stereocenters. The number of halogens is 1. The molecule has 0 heterocycles. The molecule has 0 aromatic heterocycles. The lowest BCUT2D eigenvalue weighted by atomic mass is 10.4.